The molecule has 15 heavy (non-hydrogen) atoms. The molecule has 0 aliphatic heterocycles. The van der Waals surface area contributed by atoms with E-state index in [1.807, 2.05) is 30.3 Å². The molecule has 1 rings (SSSR count). The Bertz CT molecular complexity index is 325. The number of benzene rings is 1. The Morgan fingerprint density at radius 3 is 2.60 bits per heavy atom. The fraction of sp³-hybridized carbons (Fsp3) is 0.400. The van der Waals surface area contributed by atoms with Gasteiger partial charge in [-0.15, -0.1) is 0 Å². The van der Waals surface area contributed by atoms with E-state index in [-0.39, 0.29) is 19.4 Å². The number of ether oxygens (including phenoxy) is 1. The van der Waals surface area contributed by atoms with Gasteiger partial charge in [-0.05, 0) is 5.56 Å². The van der Waals surface area contributed by atoms with E-state index < -0.39 is 7.60 Å². The summed E-state index contributed by atoms with van der Waals surface area (Å²) in [6.45, 7) is 0.376. The Morgan fingerprint density at radius 2 is 2.00 bits per heavy atom. The Labute approximate surface area is 89.4 Å². The first kappa shape index (κ1) is 12.4. The van der Waals surface area contributed by atoms with Gasteiger partial charge >= 0.3 is 7.60 Å². The summed E-state index contributed by atoms with van der Waals surface area (Å²) in [6.07, 6.45) is 0.0241. The molecule has 1 atom stereocenters. The lowest BCUT2D eigenvalue weighted by Gasteiger charge is -2.11. The SMILES string of the molecule is COCCP(=O)(O)OCc1ccccc1. The molecule has 1 aromatic carbocycles. The van der Waals surface area contributed by atoms with E-state index in [0.717, 1.165) is 5.56 Å². The van der Waals surface area contributed by atoms with E-state index in [1.54, 1.807) is 0 Å². The average Bonchev–Trinajstić information content (AvgIpc) is 2.25. The van der Waals surface area contributed by atoms with Crippen molar-refractivity contribution in [3.63, 3.8) is 0 Å². The molecule has 0 heterocycles. The van der Waals surface area contributed by atoms with Crippen LogP contribution in [0.1, 0.15) is 5.56 Å². The fourth-order valence-electron chi connectivity index (χ4n) is 1.02. The van der Waals surface area contributed by atoms with Gasteiger partial charge in [0.1, 0.15) is 0 Å². The zero-order valence-corrected chi connectivity index (χ0v) is 9.52. The zero-order chi connectivity index (χ0) is 11.1. The summed E-state index contributed by atoms with van der Waals surface area (Å²) in [5.74, 6) is 0. The van der Waals surface area contributed by atoms with Crippen molar-refractivity contribution in [2.24, 2.45) is 0 Å². The molecule has 0 aromatic heterocycles. The number of rotatable bonds is 6. The van der Waals surface area contributed by atoms with Crippen LogP contribution in [0.15, 0.2) is 30.3 Å². The van der Waals surface area contributed by atoms with Crippen LogP contribution in [0, 0.1) is 0 Å². The highest BCUT2D eigenvalue weighted by molar-refractivity contribution is 7.52. The minimum atomic E-state index is -3.50. The Hall–Kier alpha value is -0.670. The molecule has 0 bridgehead atoms. The first-order chi connectivity index (χ1) is 7.14. The highest BCUT2D eigenvalue weighted by Crippen LogP contribution is 2.42. The third-order valence-corrected chi connectivity index (χ3v) is 3.13. The van der Waals surface area contributed by atoms with Crippen LogP contribution in [-0.4, -0.2) is 24.8 Å². The molecule has 0 fully saturated rings. The summed E-state index contributed by atoms with van der Waals surface area (Å²) >= 11 is 0. The maximum atomic E-state index is 11.4. The van der Waals surface area contributed by atoms with Crippen LogP contribution in [0.4, 0.5) is 0 Å². The first-order valence-corrected chi connectivity index (χ1v) is 6.39. The van der Waals surface area contributed by atoms with Crippen LogP contribution in [-0.2, 0) is 20.4 Å². The number of methoxy groups -OCH3 is 1. The molecule has 84 valence electrons. The molecule has 4 nitrogen and oxygen atoms in total. The number of hydrogen-bond donors (Lipinski definition) is 1. The summed E-state index contributed by atoms with van der Waals surface area (Å²) in [4.78, 5) is 9.36. The summed E-state index contributed by atoms with van der Waals surface area (Å²) in [7, 11) is -2.02. The monoisotopic (exact) mass is 230 g/mol. The highest BCUT2D eigenvalue weighted by Gasteiger charge is 2.18. The summed E-state index contributed by atoms with van der Waals surface area (Å²) in [6, 6.07) is 9.28. The van der Waals surface area contributed by atoms with Gasteiger partial charge in [-0.2, -0.15) is 0 Å². The van der Waals surface area contributed by atoms with Gasteiger partial charge in [-0.3, -0.25) is 4.57 Å². The van der Waals surface area contributed by atoms with Gasteiger partial charge in [0.15, 0.2) is 0 Å². The molecular formula is C10H15O4P. The molecule has 0 saturated heterocycles. The van der Waals surface area contributed by atoms with Gasteiger partial charge in [0, 0.05) is 7.11 Å². The molecular weight excluding hydrogens is 215 g/mol. The van der Waals surface area contributed by atoms with E-state index in [0.29, 0.717) is 0 Å². The van der Waals surface area contributed by atoms with E-state index in [2.05, 4.69) is 0 Å². The van der Waals surface area contributed by atoms with E-state index in [9.17, 15) is 9.46 Å². The lowest BCUT2D eigenvalue weighted by atomic mass is 10.2. The Balaban J connectivity index is 2.39. The van der Waals surface area contributed by atoms with Crippen molar-refractivity contribution in [2.75, 3.05) is 19.9 Å². The van der Waals surface area contributed by atoms with Crippen molar-refractivity contribution in [2.45, 2.75) is 6.61 Å². The Morgan fingerprint density at radius 1 is 1.33 bits per heavy atom. The topological polar surface area (TPSA) is 55.8 Å². The van der Waals surface area contributed by atoms with Crippen molar-refractivity contribution < 1.29 is 18.7 Å². The van der Waals surface area contributed by atoms with Crippen molar-refractivity contribution >= 4 is 7.60 Å². The lowest BCUT2D eigenvalue weighted by molar-refractivity contribution is 0.198. The smallest absolute Gasteiger partial charge is 0.330 e. The van der Waals surface area contributed by atoms with Crippen molar-refractivity contribution in [3.8, 4) is 0 Å². The van der Waals surface area contributed by atoms with Crippen LogP contribution in [0.25, 0.3) is 0 Å². The van der Waals surface area contributed by atoms with Crippen LogP contribution in [0.3, 0.4) is 0 Å². The van der Waals surface area contributed by atoms with Gasteiger partial charge in [-0.25, -0.2) is 0 Å². The molecule has 5 heteroatoms. The lowest BCUT2D eigenvalue weighted by Crippen LogP contribution is -2.01. The fourth-order valence-corrected chi connectivity index (χ4v) is 1.91. The minimum absolute atomic E-state index is 0.0241. The normalized spacial score (nSPS) is 14.8. The van der Waals surface area contributed by atoms with Crippen molar-refractivity contribution in [1.82, 2.24) is 0 Å². The average molecular weight is 230 g/mol. The van der Waals surface area contributed by atoms with Crippen LogP contribution in [0.2, 0.25) is 0 Å². The van der Waals surface area contributed by atoms with Gasteiger partial charge in [-0.1, -0.05) is 30.3 Å². The van der Waals surface area contributed by atoms with Crippen molar-refractivity contribution in [3.05, 3.63) is 35.9 Å². The number of hydrogen-bond acceptors (Lipinski definition) is 3. The van der Waals surface area contributed by atoms with Gasteiger partial charge < -0.3 is 14.2 Å². The molecule has 0 saturated carbocycles. The summed E-state index contributed by atoms with van der Waals surface area (Å²) in [5, 5.41) is 0. The maximum Gasteiger partial charge on any atom is 0.330 e. The molecule has 0 radical (unpaired) electrons. The molecule has 0 aliphatic carbocycles. The molecule has 0 amide bonds. The molecule has 1 N–H and O–H groups in total. The van der Waals surface area contributed by atoms with E-state index >= 15 is 0 Å². The van der Waals surface area contributed by atoms with Gasteiger partial charge in [0.25, 0.3) is 0 Å². The second-order valence-electron chi connectivity index (χ2n) is 3.11. The van der Waals surface area contributed by atoms with Crippen LogP contribution >= 0.6 is 7.60 Å². The largest absolute Gasteiger partial charge is 0.384 e. The third kappa shape index (κ3) is 5.09. The van der Waals surface area contributed by atoms with Crippen LogP contribution < -0.4 is 0 Å². The Kier molecular flexibility index (Phi) is 4.99. The molecule has 0 spiro atoms. The molecule has 1 aromatic rings. The van der Waals surface area contributed by atoms with E-state index in [4.69, 9.17) is 9.26 Å². The standard InChI is InChI=1S/C10H15O4P/c1-13-7-8-15(11,12)14-9-10-5-3-2-4-6-10/h2-6H,7-9H2,1H3,(H,11,12). The third-order valence-electron chi connectivity index (χ3n) is 1.85. The molecule has 1 unspecified atom stereocenters. The molecule has 0 aliphatic rings. The van der Waals surface area contributed by atoms with E-state index in [1.165, 1.54) is 7.11 Å². The van der Waals surface area contributed by atoms with Gasteiger partial charge in [0.2, 0.25) is 0 Å². The second-order valence-corrected chi connectivity index (χ2v) is 5.09. The predicted octanol–water partition coefficient (Wildman–Crippen LogP) is 2.04. The summed E-state index contributed by atoms with van der Waals surface area (Å²) in [5.41, 5.74) is 0.879. The highest BCUT2D eigenvalue weighted by atomic mass is 31.2. The quantitative estimate of drug-likeness (QED) is 0.760. The summed E-state index contributed by atoms with van der Waals surface area (Å²) < 4.78 is 21.1. The predicted molar refractivity (Wildman–Crippen MR) is 57.8 cm³/mol. The minimum Gasteiger partial charge on any atom is -0.384 e. The first-order valence-electron chi connectivity index (χ1n) is 4.63. The van der Waals surface area contributed by atoms with Crippen molar-refractivity contribution in [1.29, 1.82) is 0 Å². The zero-order valence-electron chi connectivity index (χ0n) is 8.63. The van der Waals surface area contributed by atoms with Crippen LogP contribution in [0.5, 0.6) is 0 Å². The maximum absolute atomic E-state index is 11.4. The second kappa shape index (κ2) is 6.03. The van der Waals surface area contributed by atoms with Gasteiger partial charge in [0.05, 0.1) is 19.4 Å².